The summed E-state index contributed by atoms with van der Waals surface area (Å²) in [5, 5.41) is 9.27. The van der Waals surface area contributed by atoms with Crippen molar-refractivity contribution in [1.29, 1.82) is 0 Å². The van der Waals surface area contributed by atoms with E-state index < -0.39 is 5.60 Å². The van der Waals surface area contributed by atoms with Gasteiger partial charge in [0.1, 0.15) is 0 Å². The number of nitrogens with zero attached hydrogens (tertiary/aromatic N) is 1. The van der Waals surface area contributed by atoms with Crippen molar-refractivity contribution in [3.05, 3.63) is 33.4 Å². The molecule has 0 aliphatic carbocycles. The van der Waals surface area contributed by atoms with Crippen molar-refractivity contribution in [2.24, 2.45) is 0 Å². The third-order valence-electron chi connectivity index (χ3n) is 3.04. The van der Waals surface area contributed by atoms with Crippen LogP contribution in [-0.4, -0.2) is 47.3 Å². The van der Waals surface area contributed by atoms with E-state index in [1.807, 2.05) is 38.1 Å². The molecule has 1 unspecified atom stereocenters. The molecule has 0 radical (unpaired) electrons. The normalized spacial score (nSPS) is 22.3. The number of carbonyl (C=O) groups is 1. The minimum absolute atomic E-state index is 0.00617. The molecule has 1 atom stereocenters. The van der Waals surface area contributed by atoms with Gasteiger partial charge in [0.15, 0.2) is 0 Å². The highest BCUT2D eigenvalue weighted by atomic mass is 127. The van der Waals surface area contributed by atoms with Crippen molar-refractivity contribution in [2.45, 2.75) is 25.6 Å². The standard InChI is InChI=1S/C14H18INO3/c1-14(2)9-16(7-12(8-17)19-14)13(18)10-4-3-5-11(15)6-10/h3-6,12,17H,7-9H2,1-2H3. The molecule has 1 amide bonds. The van der Waals surface area contributed by atoms with Crippen molar-refractivity contribution in [2.75, 3.05) is 19.7 Å². The zero-order valence-electron chi connectivity index (χ0n) is 11.1. The van der Waals surface area contributed by atoms with Crippen LogP contribution in [0.2, 0.25) is 0 Å². The van der Waals surface area contributed by atoms with Crippen LogP contribution in [0.3, 0.4) is 0 Å². The summed E-state index contributed by atoms with van der Waals surface area (Å²) >= 11 is 2.19. The first-order valence-corrected chi connectivity index (χ1v) is 7.33. The summed E-state index contributed by atoms with van der Waals surface area (Å²) in [5.74, 6) is -0.00617. The minimum atomic E-state index is -0.427. The Labute approximate surface area is 126 Å². The fourth-order valence-corrected chi connectivity index (χ4v) is 2.89. The molecule has 4 nitrogen and oxygen atoms in total. The molecule has 0 spiro atoms. The molecular weight excluding hydrogens is 357 g/mol. The van der Waals surface area contributed by atoms with Gasteiger partial charge in [-0.3, -0.25) is 4.79 Å². The molecule has 1 fully saturated rings. The lowest BCUT2D eigenvalue weighted by Gasteiger charge is -2.42. The molecule has 19 heavy (non-hydrogen) atoms. The number of amides is 1. The molecule has 1 N–H and O–H groups in total. The first-order valence-electron chi connectivity index (χ1n) is 6.25. The summed E-state index contributed by atoms with van der Waals surface area (Å²) in [6.07, 6.45) is -0.310. The van der Waals surface area contributed by atoms with Gasteiger partial charge in [0, 0.05) is 22.2 Å². The van der Waals surface area contributed by atoms with Crippen molar-refractivity contribution >= 4 is 28.5 Å². The van der Waals surface area contributed by atoms with Gasteiger partial charge < -0.3 is 14.7 Å². The predicted molar refractivity (Wildman–Crippen MR) is 81.1 cm³/mol. The van der Waals surface area contributed by atoms with Gasteiger partial charge in [-0.15, -0.1) is 0 Å². The second-order valence-electron chi connectivity index (χ2n) is 5.38. The molecule has 0 bridgehead atoms. The van der Waals surface area contributed by atoms with Crippen molar-refractivity contribution in [3.8, 4) is 0 Å². The van der Waals surface area contributed by atoms with Crippen molar-refractivity contribution in [1.82, 2.24) is 4.90 Å². The van der Waals surface area contributed by atoms with Gasteiger partial charge in [0.2, 0.25) is 0 Å². The maximum absolute atomic E-state index is 12.5. The number of aliphatic hydroxyl groups excluding tert-OH is 1. The van der Waals surface area contributed by atoms with Gasteiger partial charge in [-0.1, -0.05) is 6.07 Å². The van der Waals surface area contributed by atoms with Crippen LogP contribution >= 0.6 is 22.6 Å². The van der Waals surface area contributed by atoms with Gasteiger partial charge in [-0.05, 0) is 54.6 Å². The Kier molecular flexibility index (Phi) is 4.47. The Morgan fingerprint density at radius 1 is 1.58 bits per heavy atom. The second kappa shape index (κ2) is 5.76. The summed E-state index contributed by atoms with van der Waals surface area (Å²) < 4.78 is 6.75. The van der Waals surface area contributed by atoms with E-state index in [1.54, 1.807) is 4.90 Å². The number of hydrogen-bond donors (Lipinski definition) is 1. The molecule has 1 aromatic rings. The lowest BCUT2D eigenvalue weighted by molar-refractivity contribution is -0.139. The van der Waals surface area contributed by atoms with Gasteiger partial charge in [-0.25, -0.2) is 0 Å². The van der Waals surface area contributed by atoms with Crippen molar-refractivity contribution < 1.29 is 14.6 Å². The van der Waals surface area contributed by atoms with Crippen LogP contribution < -0.4 is 0 Å². The smallest absolute Gasteiger partial charge is 0.254 e. The zero-order chi connectivity index (χ0) is 14.0. The first kappa shape index (κ1) is 14.7. The van der Waals surface area contributed by atoms with E-state index in [2.05, 4.69) is 22.6 Å². The van der Waals surface area contributed by atoms with E-state index in [9.17, 15) is 9.90 Å². The van der Waals surface area contributed by atoms with Crippen LogP contribution in [0.1, 0.15) is 24.2 Å². The Bertz CT molecular complexity index is 476. The minimum Gasteiger partial charge on any atom is -0.394 e. The third kappa shape index (κ3) is 3.67. The molecule has 104 valence electrons. The average molecular weight is 375 g/mol. The van der Waals surface area contributed by atoms with Crippen molar-refractivity contribution in [3.63, 3.8) is 0 Å². The topological polar surface area (TPSA) is 49.8 Å². The fourth-order valence-electron chi connectivity index (χ4n) is 2.35. The number of morpholine rings is 1. The molecule has 2 rings (SSSR count). The van der Waals surface area contributed by atoms with Crippen LogP contribution in [0, 0.1) is 3.57 Å². The molecule has 1 saturated heterocycles. The van der Waals surface area contributed by atoms with Gasteiger partial charge in [-0.2, -0.15) is 0 Å². The summed E-state index contributed by atoms with van der Waals surface area (Å²) in [5.41, 5.74) is 0.254. The number of ether oxygens (including phenoxy) is 1. The maximum Gasteiger partial charge on any atom is 0.254 e. The summed E-state index contributed by atoms with van der Waals surface area (Å²) in [6, 6.07) is 7.53. The van der Waals surface area contributed by atoms with Gasteiger partial charge >= 0.3 is 0 Å². The summed E-state index contributed by atoms with van der Waals surface area (Å²) in [6.45, 7) is 4.77. The maximum atomic E-state index is 12.5. The first-order chi connectivity index (χ1) is 8.91. The van der Waals surface area contributed by atoms with Crippen LogP contribution in [0.4, 0.5) is 0 Å². The lowest BCUT2D eigenvalue weighted by atomic mass is 10.0. The number of hydrogen-bond acceptors (Lipinski definition) is 3. The van der Waals surface area contributed by atoms with E-state index >= 15 is 0 Å². The number of rotatable bonds is 2. The number of carbonyl (C=O) groups excluding carboxylic acids is 1. The molecule has 1 aliphatic heterocycles. The molecule has 1 aliphatic rings. The zero-order valence-corrected chi connectivity index (χ0v) is 13.3. The molecule has 0 saturated carbocycles. The summed E-state index contributed by atoms with van der Waals surface area (Å²) in [7, 11) is 0. The molecular formula is C14H18INO3. The highest BCUT2D eigenvalue weighted by molar-refractivity contribution is 14.1. The summed E-state index contributed by atoms with van der Waals surface area (Å²) in [4.78, 5) is 14.2. The molecule has 5 heteroatoms. The van der Waals surface area contributed by atoms with Gasteiger partial charge in [0.25, 0.3) is 5.91 Å². The molecule has 1 heterocycles. The van der Waals surface area contributed by atoms with E-state index in [0.717, 1.165) is 3.57 Å². The number of benzene rings is 1. The SMILES string of the molecule is CC1(C)CN(C(=O)c2cccc(I)c2)CC(CO)O1. The lowest BCUT2D eigenvalue weighted by Crippen LogP contribution is -2.55. The number of halogens is 1. The van der Waals surface area contributed by atoms with E-state index in [4.69, 9.17) is 4.74 Å². The quantitative estimate of drug-likeness (QED) is 0.804. The van der Waals surface area contributed by atoms with Crippen LogP contribution in [0.15, 0.2) is 24.3 Å². The van der Waals surface area contributed by atoms with E-state index in [1.165, 1.54) is 0 Å². The van der Waals surface area contributed by atoms with E-state index in [0.29, 0.717) is 18.7 Å². The fraction of sp³-hybridized carbons (Fsp3) is 0.500. The second-order valence-corrected chi connectivity index (χ2v) is 6.62. The Balaban J connectivity index is 2.18. The highest BCUT2D eigenvalue weighted by Gasteiger charge is 2.35. The third-order valence-corrected chi connectivity index (χ3v) is 3.71. The largest absolute Gasteiger partial charge is 0.394 e. The molecule has 0 aromatic heterocycles. The highest BCUT2D eigenvalue weighted by Crippen LogP contribution is 2.22. The average Bonchev–Trinajstić information content (AvgIpc) is 2.36. The predicted octanol–water partition coefficient (Wildman–Crippen LogP) is 1.90. The monoisotopic (exact) mass is 375 g/mol. The van der Waals surface area contributed by atoms with Crippen LogP contribution in [0.25, 0.3) is 0 Å². The molecule has 1 aromatic carbocycles. The van der Waals surface area contributed by atoms with Crippen LogP contribution in [0.5, 0.6) is 0 Å². The Morgan fingerprint density at radius 3 is 2.95 bits per heavy atom. The Hall–Kier alpha value is -0.660. The van der Waals surface area contributed by atoms with Crippen LogP contribution in [-0.2, 0) is 4.74 Å². The number of aliphatic hydroxyl groups is 1. The van der Waals surface area contributed by atoms with E-state index in [-0.39, 0.29) is 18.6 Å². The Morgan fingerprint density at radius 2 is 2.32 bits per heavy atom. The van der Waals surface area contributed by atoms with Gasteiger partial charge in [0.05, 0.1) is 18.3 Å².